The van der Waals surface area contributed by atoms with Crippen LogP contribution >= 0.6 is 0 Å². The van der Waals surface area contributed by atoms with Crippen LogP contribution in [0.15, 0.2) is 23.8 Å². The number of amides is 1. The van der Waals surface area contributed by atoms with E-state index < -0.39 is 15.7 Å². The van der Waals surface area contributed by atoms with Crippen LogP contribution in [0.2, 0.25) is 0 Å². The van der Waals surface area contributed by atoms with Gasteiger partial charge in [-0.3, -0.25) is 9.48 Å². The number of nitrogens with zero attached hydrogens (tertiary/aromatic N) is 3. The number of rotatable bonds is 4. The van der Waals surface area contributed by atoms with E-state index in [1.807, 2.05) is 45.0 Å². The van der Waals surface area contributed by atoms with Crippen molar-refractivity contribution in [2.75, 3.05) is 16.8 Å². The second kappa shape index (κ2) is 7.84. The van der Waals surface area contributed by atoms with E-state index in [0.29, 0.717) is 23.4 Å². The van der Waals surface area contributed by atoms with E-state index in [9.17, 15) is 18.5 Å². The Morgan fingerprint density at radius 1 is 1.31 bits per heavy atom. The number of benzene rings is 1. The van der Waals surface area contributed by atoms with Crippen LogP contribution in [0, 0.1) is 39.0 Å². The Morgan fingerprint density at radius 3 is 2.62 bits per heavy atom. The largest absolute Gasteiger partial charge is 0.321 e. The minimum Gasteiger partial charge on any atom is -0.321 e. The highest BCUT2D eigenvalue weighted by atomic mass is 32.2. The number of carbonyl (C=O) groups excluding carboxylic acids is 1. The van der Waals surface area contributed by atoms with Crippen LogP contribution in [0.25, 0.3) is 6.08 Å². The molecule has 0 bridgehead atoms. The van der Waals surface area contributed by atoms with E-state index in [4.69, 9.17) is 0 Å². The van der Waals surface area contributed by atoms with Crippen LogP contribution in [0.3, 0.4) is 0 Å². The van der Waals surface area contributed by atoms with Gasteiger partial charge in [-0.2, -0.15) is 10.4 Å². The molecule has 1 aliphatic heterocycles. The van der Waals surface area contributed by atoms with Crippen LogP contribution in [0.1, 0.15) is 40.5 Å². The van der Waals surface area contributed by atoms with Crippen molar-refractivity contribution in [1.82, 2.24) is 9.78 Å². The van der Waals surface area contributed by atoms with Crippen LogP contribution in [-0.4, -0.2) is 35.6 Å². The van der Waals surface area contributed by atoms with E-state index in [0.717, 1.165) is 16.8 Å². The first-order valence-corrected chi connectivity index (χ1v) is 11.2. The molecule has 1 saturated heterocycles. The van der Waals surface area contributed by atoms with Gasteiger partial charge in [0.2, 0.25) is 0 Å². The summed E-state index contributed by atoms with van der Waals surface area (Å²) in [5, 5.41) is 16.8. The number of carbonyl (C=O) groups is 1. The minimum atomic E-state index is -3.04. The van der Waals surface area contributed by atoms with E-state index in [2.05, 4.69) is 10.4 Å². The molecule has 0 aliphatic carbocycles. The molecule has 152 valence electrons. The second-order valence-corrected chi connectivity index (χ2v) is 9.76. The highest BCUT2D eigenvalue weighted by Gasteiger charge is 2.31. The van der Waals surface area contributed by atoms with E-state index in [-0.39, 0.29) is 23.1 Å². The lowest BCUT2D eigenvalue weighted by Gasteiger charge is -2.11. The van der Waals surface area contributed by atoms with Crippen molar-refractivity contribution in [1.29, 1.82) is 5.26 Å². The first kappa shape index (κ1) is 20.8. The number of hydrogen-bond acceptors (Lipinski definition) is 5. The summed E-state index contributed by atoms with van der Waals surface area (Å²) in [7, 11) is -3.04. The van der Waals surface area contributed by atoms with Gasteiger partial charge in [-0.05, 0) is 51.8 Å². The highest BCUT2D eigenvalue weighted by Crippen LogP contribution is 2.28. The van der Waals surface area contributed by atoms with Crippen LogP contribution in [-0.2, 0) is 14.6 Å². The van der Waals surface area contributed by atoms with Crippen LogP contribution in [0.5, 0.6) is 0 Å². The maximum absolute atomic E-state index is 12.6. The number of nitrogens with one attached hydrogen (secondary N) is 1. The number of anilines is 1. The summed E-state index contributed by atoms with van der Waals surface area (Å²) in [6.07, 6.45) is 2.04. The second-order valence-electron chi connectivity index (χ2n) is 7.53. The molecule has 7 nitrogen and oxygen atoms in total. The molecule has 2 heterocycles. The summed E-state index contributed by atoms with van der Waals surface area (Å²) in [6.45, 7) is 7.48. The molecule has 3 rings (SSSR count). The Balaban J connectivity index is 1.89. The van der Waals surface area contributed by atoms with Gasteiger partial charge < -0.3 is 5.32 Å². The molecule has 0 saturated carbocycles. The third-order valence-electron chi connectivity index (χ3n) is 5.22. The number of nitriles is 1. The van der Waals surface area contributed by atoms with Crippen LogP contribution in [0.4, 0.5) is 5.69 Å². The Hall–Kier alpha value is -2.92. The van der Waals surface area contributed by atoms with Gasteiger partial charge in [0.1, 0.15) is 11.6 Å². The Morgan fingerprint density at radius 2 is 2.03 bits per heavy atom. The Kier molecular flexibility index (Phi) is 5.62. The third-order valence-corrected chi connectivity index (χ3v) is 6.97. The van der Waals surface area contributed by atoms with Gasteiger partial charge in [-0.25, -0.2) is 8.42 Å². The molecule has 1 aromatic heterocycles. The molecular formula is C21H24N4O3S. The minimum absolute atomic E-state index is 0.0326. The number of aryl methyl sites for hydroxylation is 3. The molecule has 0 spiro atoms. The van der Waals surface area contributed by atoms with Crippen molar-refractivity contribution in [3.63, 3.8) is 0 Å². The van der Waals surface area contributed by atoms with Gasteiger partial charge in [0.15, 0.2) is 9.84 Å². The standard InChI is InChI=1S/C21H24N4O3S/c1-13-5-6-20(14(2)9-13)23-21(26)17(11-22)10-19-15(3)24-25(16(19)4)18-7-8-29(27,28)12-18/h5-6,9-10,18H,7-8,12H2,1-4H3,(H,23,26)/b17-10+/t18-/m1/s1. The monoisotopic (exact) mass is 412 g/mol. The fraction of sp³-hybridized carbons (Fsp3) is 0.381. The normalized spacial score (nSPS) is 18.4. The molecular weight excluding hydrogens is 388 g/mol. The smallest absolute Gasteiger partial charge is 0.266 e. The van der Waals surface area contributed by atoms with Gasteiger partial charge in [0, 0.05) is 16.9 Å². The summed E-state index contributed by atoms with van der Waals surface area (Å²) >= 11 is 0. The van der Waals surface area contributed by atoms with Crippen molar-refractivity contribution in [2.45, 2.75) is 40.2 Å². The molecule has 1 amide bonds. The zero-order valence-electron chi connectivity index (χ0n) is 17.0. The maximum atomic E-state index is 12.6. The Bertz CT molecular complexity index is 1150. The lowest BCUT2D eigenvalue weighted by atomic mass is 10.1. The van der Waals surface area contributed by atoms with Gasteiger partial charge in [0.25, 0.3) is 5.91 Å². The van der Waals surface area contributed by atoms with E-state index in [1.54, 1.807) is 11.6 Å². The number of aromatic nitrogens is 2. The summed E-state index contributed by atoms with van der Waals surface area (Å²) in [6, 6.07) is 7.42. The predicted molar refractivity (Wildman–Crippen MR) is 112 cm³/mol. The highest BCUT2D eigenvalue weighted by molar-refractivity contribution is 7.91. The van der Waals surface area contributed by atoms with Crippen molar-refractivity contribution in [3.8, 4) is 6.07 Å². The summed E-state index contributed by atoms with van der Waals surface area (Å²) in [5.74, 6) is -0.270. The number of hydrogen-bond donors (Lipinski definition) is 1. The quantitative estimate of drug-likeness (QED) is 0.614. The zero-order valence-corrected chi connectivity index (χ0v) is 17.8. The average molecular weight is 413 g/mol. The Labute approximate surface area is 171 Å². The van der Waals surface area contributed by atoms with Gasteiger partial charge >= 0.3 is 0 Å². The van der Waals surface area contributed by atoms with Gasteiger partial charge in [-0.15, -0.1) is 0 Å². The summed E-state index contributed by atoms with van der Waals surface area (Å²) in [5.41, 5.74) is 4.69. The van der Waals surface area contributed by atoms with Crippen molar-refractivity contribution in [2.24, 2.45) is 0 Å². The van der Waals surface area contributed by atoms with Crippen molar-refractivity contribution < 1.29 is 13.2 Å². The summed E-state index contributed by atoms with van der Waals surface area (Å²) in [4.78, 5) is 12.6. The van der Waals surface area contributed by atoms with Gasteiger partial charge in [0.05, 0.1) is 23.2 Å². The SMILES string of the molecule is Cc1ccc(NC(=O)/C(C#N)=C/c2c(C)nn([C@@H]3CCS(=O)(=O)C3)c2C)c(C)c1. The molecule has 1 aromatic carbocycles. The molecule has 0 radical (unpaired) electrons. The fourth-order valence-corrected chi connectivity index (χ4v) is 5.34. The van der Waals surface area contributed by atoms with Crippen molar-refractivity contribution in [3.05, 3.63) is 51.9 Å². The van der Waals surface area contributed by atoms with Gasteiger partial charge in [-0.1, -0.05) is 17.7 Å². The first-order valence-electron chi connectivity index (χ1n) is 9.38. The van der Waals surface area contributed by atoms with Crippen molar-refractivity contribution >= 4 is 27.5 Å². The van der Waals surface area contributed by atoms with Crippen LogP contribution < -0.4 is 5.32 Å². The molecule has 29 heavy (non-hydrogen) atoms. The molecule has 1 fully saturated rings. The predicted octanol–water partition coefficient (Wildman–Crippen LogP) is 3.02. The summed E-state index contributed by atoms with van der Waals surface area (Å²) < 4.78 is 25.3. The number of sulfone groups is 1. The molecule has 1 aliphatic rings. The lowest BCUT2D eigenvalue weighted by molar-refractivity contribution is -0.112. The molecule has 1 N–H and O–H groups in total. The van der Waals surface area contributed by atoms with E-state index in [1.165, 1.54) is 6.08 Å². The maximum Gasteiger partial charge on any atom is 0.266 e. The fourth-order valence-electron chi connectivity index (χ4n) is 3.64. The molecule has 1 atom stereocenters. The first-order chi connectivity index (χ1) is 13.6. The molecule has 8 heteroatoms. The average Bonchev–Trinajstić information content (AvgIpc) is 3.14. The molecule has 0 unspecified atom stereocenters. The topological polar surface area (TPSA) is 105 Å². The zero-order chi connectivity index (χ0) is 21.3. The molecule has 2 aromatic rings. The lowest BCUT2D eigenvalue weighted by Crippen LogP contribution is -2.15. The van der Waals surface area contributed by atoms with E-state index >= 15 is 0 Å². The third kappa shape index (κ3) is 4.40.